The third kappa shape index (κ3) is 4.20. The van der Waals surface area contributed by atoms with Crippen molar-refractivity contribution in [1.82, 2.24) is 25.1 Å². The van der Waals surface area contributed by atoms with Gasteiger partial charge in [0.1, 0.15) is 23.4 Å². The molecule has 0 unspecified atom stereocenters. The lowest BCUT2D eigenvalue weighted by molar-refractivity contribution is 0.114. The maximum absolute atomic E-state index is 6.18. The Morgan fingerprint density at radius 3 is 2.77 bits per heavy atom. The Kier molecular flexibility index (Phi) is 5.21. The van der Waals surface area contributed by atoms with Gasteiger partial charge in [-0.15, -0.1) is 0 Å². The number of hydrogen-bond donors (Lipinski definition) is 3. The number of H-pyrrole nitrogens is 2. The van der Waals surface area contributed by atoms with Crippen molar-refractivity contribution in [3.63, 3.8) is 0 Å². The molecule has 0 atom stereocenters. The topological polar surface area (TPSA) is 91.1 Å². The van der Waals surface area contributed by atoms with Crippen molar-refractivity contribution < 1.29 is 9.47 Å². The van der Waals surface area contributed by atoms with Gasteiger partial charge >= 0.3 is 0 Å². The molecule has 3 aromatic heterocycles. The van der Waals surface area contributed by atoms with E-state index in [2.05, 4.69) is 43.5 Å². The molecule has 1 aliphatic rings. The molecule has 8 heteroatoms. The molecule has 8 nitrogen and oxygen atoms in total. The van der Waals surface area contributed by atoms with Gasteiger partial charge in [-0.25, -0.2) is 4.98 Å². The first-order valence-electron chi connectivity index (χ1n) is 10.5. The highest BCUT2D eigenvalue weighted by Crippen LogP contribution is 2.33. The van der Waals surface area contributed by atoms with Gasteiger partial charge in [-0.1, -0.05) is 0 Å². The maximum Gasteiger partial charge on any atom is 0.146 e. The second-order valence-electron chi connectivity index (χ2n) is 7.93. The van der Waals surface area contributed by atoms with Gasteiger partial charge in [0.05, 0.1) is 24.5 Å². The van der Waals surface area contributed by atoms with Crippen LogP contribution in [-0.4, -0.2) is 58.4 Å². The Balaban J connectivity index is 1.33. The van der Waals surface area contributed by atoms with E-state index in [4.69, 9.17) is 9.47 Å². The largest absolute Gasteiger partial charge is 0.494 e. The van der Waals surface area contributed by atoms with Gasteiger partial charge < -0.3 is 24.7 Å². The summed E-state index contributed by atoms with van der Waals surface area (Å²) in [7, 11) is 3.81. The van der Waals surface area contributed by atoms with Crippen molar-refractivity contribution in [2.24, 2.45) is 0 Å². The Morgan fingerprint density at radius 2 is 2.00 bits per heavy atom. The number of anilines is 2. The molecule has 0 saturated carbocycles. The van der Waals surface area contributed by atoms with E-state index >= 15 is 0 Å². The van der Waals surface area contributed by atoms with E-state index in [0.29, 0.717) is 0 Å². The minimum absolute atomic E-state index is 0.251. The summed E-state index contributed by atoms with van der Waals surface area (Å²) in [6.07, 6.45) is 7.83. The number of likely N-dealkylation sites (tertiary alicyclic amines) is 1. The molecule has 0 radical (unpaired) electrons. The lowest BCUT2D eigenvalue weighted by Crippen LogP contribution is -2.35. The van der Waals surface area contributed by atoms with Crippen LogP contribution in [0, 0.1) is 0 Å². The Bertz CT molecular complexity index is 1160. The average molecular weight is 419 g/mol. The molecule has 4 aromatic rings. The van der Waals surface area contributed by atoms with E-state index in [1.807, 2.05) is 36.7 Å². The van der Waals surface area contributed by atoms with Crippen LogP contribution in [0.4, 0.5) is 11.5 Å². The molecule has 1 aliphatic heterocycles. The fourth-order valence-corrected chi connectivity index (χ4v) is 3.93. The molecule has 1 aromatic carbocycles. The first kappa shape index (κ1) is 19.4. The number of ether oxygens (including phenoxy) is 2. The number of benzene rings is 1. The quantitative estimate of drug-likeness (QED) is 0.435. The van der Waals surface area contributed by atoms with Crippen molar-refractivity contribution in [2.75, 3.05) is 32.6 Å². The Labute approximate surface area is 180 Å². The highest BCUT2D eigenvalue weighted by Gasteiger charge is 2.18. The number of hydrogen-bond acceptors (Lipinski definition) is 6. The standard InChI is InChI=1S/C23H26N6O2/c1-29-7-5-17(6-8-29)31-18-3-4-19(22(10-18)30-2)28-23-11-21-15(12-24-23)9-20(27-21)16-13-25-26-14-16/h3-4,9-14,17,27H,5-8H2,1-2H3,(H,24,28)(H,25,26). The highest BCUT2D eigenvalue weighted by atomic mass is 16.5. The fourth-order valence-electron chi connectivity index (χ4n) is 3.93. The van der Waals surface area contributed by atoms with Crippen LogP contribution in [0.1, 0.15) is 12.8 Å². The smallest absolute Gasteiger partial charge is 0.146 e. The number of methoxy groups -OCH3 is 1. The van der Waals surface area contributed by atoms with E-state index in [0.717, 1.165) is 71.1 Å². The molecule has 5 rings (SSSR count). The Morgan fingerprint density at radius 1 is 1.13 bits per heavy atom. The van der Waals surface area contributed by atoms with E-state index in [1.54, 1.807) is 13.3 Å². The lowest BCUT2D eigenvalue weighted by Gasteiger charge is -2.29. The van der Waals surface area contributed by atoms with Crippen LogP contribution in [0.3, 0.4) is 0 Å². The number of aromatic amines is 2. The molecule has 1 fully saturated rings. The first-order valence-corrected chi connectivity index (χ1v) is 10.5. The van der Waals surface area contributed by atoms with Crippen molar-refractivity contribution >= 4 is 22.4 Å². The molecule has 4 heterocycles. The van der Waals surface area contributed by atoms with Crippen molar-refractivity contribution in [3.8, 4) is 22.8 Å². The van der Waals surface area contributed by atoms with Crippen LogP contribution in [0.5, 0.6) is 11.5 Å². The van der Waals surface area contributed by atoms with Gasteiger partial charge in [0, 0.05) is 54.3 Å². The van der Waals surface area contributed by atoms with Crippen molar-refractivity contribution in [3.05, 3.63) is 48.9 Å². The summed E-state index contributed by atoms with van der Waals surface area (Å²) in [5, 5.41) is 11.2. The predicted octanol–water partition coefficient (Wildman–Crippen LogP) is 4.18. The highest BCUT2D eigenvalue weighted by molar-refractivity contribution is 5.87. The molecular weight excluding hydrogens is 392 g/mol. The second-order valence-corrected chi connectivity index (χ2v) is 7.93. The second kappa shape index (κ2) is 8.31. The molecule has 0 amide bonds. The summed E-state index contributed by atoms with van der Waals surface area (Å²) >= 11 is 0. The molecule has 1 saturated heterocycles. The number of fused-ring (bicyclic) bond motifs is 1. The normalized spacial score (nSPS) is 15.3. The third-order valence-corrected chi connectivity index (χ3v) is 5.72. The van der Waals surface area contributed by atoms with Crippen LogP contribution >= 0.6 is 0 Å². The summed E-state index contributed by atoms with van der Waals surface area (Å²) in [5.74, 6) is 2.28. The number of piperidine rings is 1. The van der Waals surface area contributed by atoms with E-state index in [-0.39, 0.29) is 6.10 Å². The van der Waals surface area contributed by atoms with E-state index in [1.165, 1.54) is 0 Å². The minimum Gasteiger partial charge on any atom is -0.494 e. The summed E-state index contributed by atoms with van der Waals surface area (Å²) in [6, 6.07) is 9.94. The van der Waals surface area contributed by atoms with Gasteiger partial charge in [0.2, 0.25) is 0 Å². The molecule has 160 valence electrons. The molecule has 31 heavy (non-hydrogen) atoms. The molecule has 0 aliphatic carbocycles. The molecule has 3 N–H and O–H groups in total. The zero-order chi connectivity index (χ0) is 21.2. The predicted molar refractivity (Wildman–Crippen MR) is 121 cm³/mol. The third-order valence-electron chi connectivity index (χ3n) is 5.72. The fraction of sp³-hybridized carbons (Fsp3) is 0.304. The van der Waals surface area contributed by atoms with E-state index in [9.17, 15) is 0 Å². The summed E-state index contributed by atoms with van der Waals surface area (Å²) in [5.41, 5.74) is 3.84. The summed E-state index contributed by atoms with van der Waals surface area (Å²) < 4.78 is 11.8. The van der Waals surface area contributed by atoms with Gasteiger partial charge in [-0.05, 0) is 38.1 Å². The van der Waals surface area contributed by atoms with Crippen LogP contribution in [-0.2, 0) is 0 Å². The number of nitrogens with one attached hydrogen (secondary N) is 3. The molecular formula is C23H26N6O2. The maximum atomic E-state index is 6.18. The summed E-state index contributed by atoms with van der Waals surface area (Å²) in [6.45, 7) is 2.13. The van der Waals surface area contributed by atoms with E-state index < -0.39 is 0 Å². The van der Waals surface area contributed by atoms with Crippen LogP contribution in [0.25, 0.3) is 22.2 Å². The van der Waals surface area contributed by atoms with Crippen molar-refractivity contribution in [1.29, 1.82) is 0 Å². The Hall–Kier alpha value is -3.52. The minimum atomic E-state index is 0.251. The number of nitrogens with zero attached hydrogens (tertiary/aromatic N) is 3. The lowest BCUT2D eigenvalue weighted by atomic mass is 10.1. The van der Waals surface area contributed by atoms with Gasteiger partial charge in [0.25, 0.3) is 0 Å². The molecule has 0 spiro atoms. The van der Waals surface area contributed by atoms with Gasteiger partial charge in [-0.3, -0.25) is 5.10 Å². The average Bonchev–Trinajstić information content (AvgIpc) is 3.46. The van der Waals surface area contributed by atoms with Crippen molar-refractivity contribution in [2.45, 2.75) is 18.9 Å². The molecule has 0 bridgehead atoms. The van der Waals surface area contributed by atoms with Crippen LogP contribution in [0.15, 0.2) is 48.9 Å². The SMILES string of the molecule is COc1cc(OC2CCN(C)CC2)ccc1Nc1cc2[nH]c(-c3cn[nH]c3)cc2cn1. The van der Waals surface area contributed by atoms with Crippen LogP contribution < -0.4 is 14.8 Å². The number of rotatable bonds is 6. The summed E-state index contributed by atoms with van der Waals surface area (Å²) in [4.78, 5) is 10.3. The van der Waals surface area contributed by atoms with Gasteiger partial charge in [-0.2, -0.15) is 5.10 Å². The first-order chi connectivity index (χ1) is 15.2. The zero-order valence-electron chi connectivity index (χ0n) is 17.7. The van der Waals surface area contributed by atoms with Crippen LogP contribution in [0.2, 0.25) is 0 Å². The monoisotopic (exact) mass is 418 g/mol. The zero-order valence-corrected chi connectivity index (χ0v) is 17.7. The van der Waals surface area contributed by atoms with Gasteiger partial charge in [0.15, 0.2) is 0 Å². The number of pyridine rings is 1. The number of aromatic nitrogens is 4.